The highest BCUT2D eigenvalue weighted by atomic mass is 127. The van der Waals surface area contributed by atoms with Crippen molar-refractivity contribution >= 4 is 50.3 Å². The molecule has 3 nitrogen and oxygen atoms in total. The third-order valence-electron chi connectivity index (χ3n) is 1.54. The van der Waals surface area contributed by atoms with Gasteiger partial charge in [0.25, 0.3) is 0 Å². The van der Waals surface area contributed by atoms with Gasteiger partial charge < -0.3 is 0 Å². The van der Waals surface area contributed by atoms with E-state index in [0.29, 0.717) is 0 Å². The summed E-state index contributed by atoms with van der Waals surface area (Å²) in [6.07, 6.45) is 5.11. The SMILES string of the molecule is Brc1ccc(Sc2ncncc2I)nc1. The molecule has 0 atom stereocenters. The van der Waals surface area contributed by atoms with Gasteiger partial charge in [-0.05, 0) is 62.4 Å². The fourth-order valence-corrected chi connectivity index (χ4v) is 2.45. The van der Waals surface area contributed by atoms with Crippen LogP contribution in [0.2, 0.25) is 0 Å². The van der Waals surface area contributed by atoms with Gasteiger partial charge in [-0.3, -0.25) is 0 Å². The third kappa shape index (κ3) is 3.12. The lowest BCUT2D eigenvalue weighted by molar-refractivity contribution is 1.01. The van der Waals surface area contributed by atoms with Gasteiger partial charge in [-0.15, -0.1) is 0 Å². The Labute approximate surface area is 113 Å². The maximum atomic E-state index is 4.27. The Morgan fingerprint density at radius 2 is 2.07 bits per heavy atom. The zero-order valence-corrected chi connectivity index (χ0v) is 12.0. The molecule has 0 saturated carbocycles. The second-order valence-electron chi connectivity index (χ2n) is 2.59. The Bertz CT molecular complexity index is 463. The van der Waals surface area contributed by atoms with Crippen LogP contribution in [0.15, 0.2) is 45.4 Å². The summed E-state index contributed by atoms with van der Waals surface area (Å²) in [6.45, 7) is 0. The summed E-state index contributed by atoms with van der Waals surface area (Å²) in [6, 6.07) is 3.91. The van der Waals surface area contributed by atoms with Crippen LogP contribution in [-0.4, -0.2) is 15.0 Å². The average molecular weight is 394 g/mol. The second-order valence-corrected chi connectivity index (χ2v) is 5.68. The smallest absolute Gasteiger partial charge is 0.119 e. The third-order valence-corrected chi connectivity index (χ3v) is 4.13. The number of rotatable bonds is 2. The summed E-state index contributed by atoms with van der Waals surface area (Å²) in [7, 11) is 0. The van der Waals surface area contributed by atoms with Crippen molar-refractivity contribution in [3.8, 4) is 0 Å². The minimum atomic E-state index is 0.926. The van der Waals surface area contributed by atoms with Gasteiger partial charge in [0.1, 0.15) is 16.4 Å². The molecule has 15 heavy (non-hydrogen) atoms. The van der Waals surface area contributed by atoms with Crippen LogP contribution in [0.25, 0.3) is 0 Å². The van der Waals surface area contributed by atoms with E-state index in [9.17, 15) is 0 Å². The minimum Gasteiger partial charge on any atom is -0.248 e. The van der Waals surface area contributed by atoms with Gasteiger partial charge in [0.2, 0.25) is 0 Å². The number of hydrogen-bond donors (Lipinski definition) is 0. The van der Waals surface area contributed by atoms with Gasteiger partial charge in [0, 0.05) is 16.9 Å². The molecule has 0 amide bonds. The molecule has 0 radical (unpaired) electrons. The van der Waals surface area contributed by atoms with Gasteiger partial charge in [0.05, 0.1) is 3.57 Å². The van der Waals surface area contributed by atoms with Gasteiger partial charge in [-0.1, -0.05) is 0 Å². The lowest BCUT2D eigenvalue weighted by atomic mass is 10.5. The molecule has 0 N–H and O–H groups in total. The first kappa shape index (κ1) is 11.3. The van der Waals surface area contributed by atoms with Crippen LogP contribution < -0.4 is 0 Å². The topological polar surface area (TPSA) is 38.7 Å². The van der Waals surface area contributed by atoms with Gasteiger partial charge in [-0.2, -0.15) is 0 Å². The Balaban J connectivity index is 2.22. The molecule has 0 aliphatic carbocycles. The predicted octanol–water partition coefficient (Wildman–Crippen LogP) is 3.39. The summed E-state index contributed by atoms with van der Waals surface area (Å²) in [4.78, 5) is 12.4. The van der Waals surface area contributed by atoms with Crippen LogP contribution in [0.5, 0.6) is 0 Å². The first-order valence-electron chi connectivity index (χ1n) is 4.00. The fraction of sp³-hybridized carbons (Fsp3) is 0. The zero-order valence-electron chi connectivity index (χ0n) is 7.39. The fourth-order valence-electron chi connectivity index (χ4n) is 0.898. The first-order chi connectivity index (χ1) is 7.25. The van der Waals surface area contributed by atoms with Crippen molar-refractivity contribution < 1.29 is 0 Å². The molecule has 2 aromatic heterocycles. The van der Waals surface area contributed by atoms with E-state index in [1.54, 1.807) is 18.7 Å². The molecular weight excluding hydrogens is 389 g/mol. The Hall–Kier alpha value is -0.210. The summed E-state index contributed by atoms with van der Waals surface area (Å²) >= 11 is 7.09. The summed E-state index contributed by atoms with van der Waals surface area (Å²) in [5, 5.41) is 1.86. The highest BCUT2D eigenvalue weighted by Gasteiger charge is 2.04. The zero-order chi connectivity index (χ0) is 10.7. The Morgan fingerprint density at radius 3 is 2.73 bits per heavy atom. The van der Waals surface area contributed by atoms with Gasteiger partial charge in [-0.25, -0.2) is 15.0 Å². The molecule has 2 heterocycles. The van der Waals surface area contributed by atoms with Crippen molar-refractivity contribution in [2.75, 3.05) is 0 Å². The molecule has 0 spiro atoms. The number of hydrogen-bond acceptors (Lipinski definition) is 4. The molecule has 0 fully saturated rings. The average Bonchev–Trinajstić information content (AvgIpc) is 2.25. The van der Waals surface area contributed by atoms with E-state index in [4.69, 9.17) is 0 Å². The maximum Gasteiger partial charge on any atom is 0.119 e. The van der Waals surface area contributed by atoms with Crippen molar-refractivity contribution in [3.05, 3.63) is 38.9 Å². The second kappa shape index (κ2) is 5.22. The van der Waals surface area contributed by atoms with Gasteiger partial charge >= 0.3 is 0 Å². The van der Waals surface area contributed by atoms with E-state index >= 15 is 0 Å². The Kier molecular flexibility index (Phi) is 3.92. The van der Waals surface area contributed by atoms with Gasteiger partial charge in [0.15, 0.2) is 0 Å². The van der Waals surface area contributed by atoms with Crippen LogP contribution in [-0.2, 0) is 0 Å². The summed E-state index contributed by atoms with van der Waals surface area (Å²) < 4.78 is 2.01. The van der Waals surface area contributed by atoms with Crippen LogP contribution in [0.3, 0.4) is 0 Å². The van der Waals surface area contributed by atoms with Crippen molar-refractivity contribution in [1.29, 1.82) is 0 Å². The molecule has 76 valence electrons. The van der Waals surface area contributed by atoms with Crippen molar-refractivity contribution in [3.63, 3.8) is 0 Å². The lowest BCUT2D eigenvalue weighted by Crippen LogP contribution is -1.87. The lowest BCUT2D eigenvalue weighted by Gasteiger charge is -2.01. The maximum absolute atomic E-state index is 4.27. The Morgan fingerprint density at radius 1 is 1.20 bits per heavy atom. The van der Waals surface area contributed by atoms with Crippen molar-refractivity contribution in [1.82, 2.24) is 15.0 Å². The van der Waals surface area contributed by atoms with E-state index in [0.717, 1.165) is 18.1 Å². The molecule has 2 rings (SSSR count). The van der Waals surface area contributed by atoms with Crippen molar-refractivity contribution in [2.45, 2.75) is 10.1 Å². The molecule has 0 aliphatic rings. The summed E-state index contributed by atoms with van der Waals surface area (Å²) in [5.74, 6) is 0. The minimum absolute atomic E-state index is 0.926. The van der Waals surface area contributed by atoms with Crippen LogP contribution in [0, 0.1) is 3.57 Å². The van der Waals surface area contributed by atoms with Crippen LogP contribution in [0.1, 0.15) is 0 Å². The quantitative estimate of drug-likeness (QED) is 0.579. The first-order valence-corrected chi connectivity index (χ1v) is 6.69. The molecule has 0 aromatic carbocycles. The molecule has 0 unspecified atom stereocenters. The van der Waals surface area contributed by atoms with E-state index in [-0.39, 0.29) is 0 Å². The standard InChI is InChI=1S/C9H5BrIN3S/c10-6-1-2-8(13-3-6)15-9-7(11)4-12-5-14-9/h1-5H. The molecule has 0 bridgehead atoms. The van der Waals surface area contributed by atoms with Crippen LogP contribution in [0.4, 0.5) is 0 Å². The predicted molar refractivity (Wildman–Crippen MR) is 70.8 cm³/mol. The normalized spacial score (nSPS) is 10.3. The molecule has 2 aromatic rings. The number of aromatic nitrogens is 3. The monoisotopic (exact) mass is 393 g/mol. The largest absolute Gasteiger partial charge is 0.248 e. The highest BCUT2D eigenvalue weighted by Crippen LogP contribution is 2.27. The molecule has 6 heteroatoms. The van der Waals surface area contributed by atoms with Crippen LogP contribution >= 0.6 is 50.3 Å². The molecule has 0 saturated heterocycles. The van der Waals surface area contributed by atoms with E-state index in [1.165, 1.54) is 11.8 Å². The number of nitrogens with zero attached hydrogens (tertiary/aromatic N) is 3. The van der Waals surface area contributed by atoms with E-state index in [2.05, 4.69) is 53.5 Å². The van der Waals surface area contributed by atoms with Crippen molar-refractivity contribution in [2.24, 2.45) is 0 Å². The molecular formula is C9H5BrIN3S. The number of pyridine rings is 1. The number of halogens is 2. The highest BCUT2D eigenvalue weighted by molar-refractivity contribution is 14.1. The van der Waals surface area contributed by atoms with E-state index in [1.807, 2.05) is 12.1 Å². The van der Waals surface area contributed by atoms with E-state index < -0.39 is 0 Å². The summed E-state index contributed by atoms with van der Waals surface area (Å²) in [5.41, 5.74) is 0. The molecule has 0 aliphatic heterocycles.